The number of aliphatic hydroxyl groups excluding tert-OH is 1. The molecule has 5 N–H and O–H groups in total. The van der Waals surface area contributed by atoms with E-state index in [4.69, 9.17) is 20.3 Å². The van der Waals surface area contributed by atoms with Gasteiger partial charge in [0, 0.05) is 0 Å². The first-order chi connectivity index (χ1) is 12.7. The van der Waals surface area contributed by atoms with E-state index in [9.17, 15) is 9.67 Å². The van der Waals surface area contributed by atoms with Gasteiger partial charge in [0.25, 0.3) is 0 Å². The summed E-state index contributed by atoms with van der Waals surface area (Å²) >= 11 is 0. The van der Waals surface area contributed by atoms with Crippen molar-refractivity contribution in [3.63, 3.8) is 0 Å². The maximum atomic E-state index is 11.0. The average Bonchev–Trinajstić information content (AvgIpc) is 2.63. The third-order valence-corrected chi connectivity index (χ3v) is 5.27. The van der Waals surface area contributed by atoms with Gasteiger partial charge in [-0.1, -0.05) is 70.2 Å². The molecule has 7 heteroatoms. The summed E-state index contributed by atoms with van der Waals surface area (Å²) in [6, 6.07) is 8.34. The quantitative estimate of drug-likeness (QED) is 0.214. The van der Waals surface area contributed by atoms with Crippen LogP contribution >= 0.6 is 7.60 Å². The number of aryl methyl sites for hydroxylation is 1. The lowest BCUT2D eigenvalue weighted by Crippen LogP contribution is -2.47. The maximum absolute atomic E-state index is 11.0. The Morgan fingerprint density at radius 1 is 1.11 bits per heavy atom. The monoisotopic (exact) mass is 401 g/mol. The summed E-state index contributed by atoms with van der Waals surface area (Å²) < 4.78 is 16.1. The minimum atomic E-state index is -4.33. The second kappa shape index (κ2) is 11.9. The zero-order valence-corrected chi connectivity index (χ0v) is 17.5. The van der Waals surface area contributed by atoms with Gasteiger partial charge in [-0.15, -0.1) is 0 Å². The van der Waals surface area contributed by atoms with Crippen LogP contribution in [0.1, 0.15) is 75.8 Å². The highest BCUT2D eigenvalue weighted by Crippen LogP contribution is 2.36. The van der Waals surface area contributed by atoms with E-state index in [0.29, 0.717) is 0 Å². The van der Waals surface area contributed by atoms with E-state index in [0.717, 1.165) is 12.0 Å². The smallest absolute Gasteiger partial charge is 0.351 e. The highest BCUT2D eigenvalue weighted by molar-refractivity contribution is 7.51. The van der Waals surface area contributed by atoms with Gasteiger partial charge in [-0.05, 0) is 36.3 Å². The van der Waals surface area contributed by atoms with Crippen molar-refractivity contribution in [2.24, 2.45) is 5.73 Å². The molecule has 0 saturated carbocycles. The first-order valence-electron chi connectivity index (χ1n) is 9.86. The minimum Gasteiger partial charge on any atom is -0.392 e. The molecule has 0 saturated heterocycles. The molecule has 0 heterocycles. The number of aliphatic hydroxyl groups is 1. The van der Waals surface area contributed by atoms with Crippen LogP contribution in [0.25, 0.3) is 0 Å². The predicted molar refractivity (Wildman–Crippen MR) is 109 cm³/mol. The number of rotatable bonds is 14. The second-order valence-corrected chi connectivity index (χ2v) is 9.11. The molecule has 0 spiro atoms. The summed E-state index contributed by atoms with van der Waals surface area (Å²) in [6.07, 6.45) is 8.22. The molecule has 0 aliphatic rings. The normalized spacial score (nSPS) is 15.5. The van der Waals surface area contributed by atoms with Gasteiger partial charge in [0.15, 0.2) is 6.35 Å². The molecule has 0 radical (unpaired) electrons. The maximum Gasteiger partial charge on any atom is 0.351 e. The standard InChI is InChI=1S/C20H36NO5P/c1-3-4-5-6-7-8-9-18-10-12-19(13-11-18)17(2)14-20(21,15-22)26-16-27(23,24)25/h10-13,17,22H,3-9,14-16,21H2,1-2H3,(H2,23,24,25). The molecule has 0 aliphatic carbocycles. The summed E-state index contributed by atoms with van der Waals surface area (Å²) in [5.74, 6) is -0.0120. The van der Waals surface area contributed by atoms with Crippen molar-refractivity contribution in [1.82, 2.24) is 0 Å². The van der Waals surface area contributed by atoms with Gasteiger partial charge in [0.1, 0.15) is 5.72 Å². The molecule has 2 unspecified atom stereocenters. The third kappa shape index (κ3) is 10.4. The van der Waals surface area contributed by atoms with Crippen LogP contribution in [0.2, 0.25) is 0 Å². The Kier molecular flexibility index (Phi) is 10.7. The first-order valence-corrected chi connectivity index (χ1v) is 11.7. The molecule has 1 aromatic rings. The Balaban J connectivity index is 2.50. The van der Waals surface area contributed by atoms with Gasteiger partial charge in [-0.3, -0.25) is 4.57 Å². The molecule has 2 atom stereocenters. The molecular weight excluding hydrogens is 365 g/mol. The zero-order valence-electron chi connectivity index (χ0n) is 16.6. The van der Waals surface area contributed by atoms with Gasteiger partial charge < -0.3 is 25.4 Å². The van der Waals surface area contributed by atoms with E-state index < -0.39 is 26.3 Å². The highest BCUT2D eigenvalue weighted by atomic mass is 31.2. The van der Waals surface area contributed by atoms with Crippen LogP contribution in [0.15, 0.2) is 24.3 Å². The average molecular weight is 401 g/mol. The summed E-state index contributed by atoms with van der Waals surface area (Å²) in [4.78, 5) is 17.9. The Morgan fingerprint density at radius 2 is 1.70 bits per heavy atom. The van der Waals surface area contributed by atoms with Crippen LogP contribution in [-0.4, -0.2) is 33.6 Å². The fourth-order valence-corrected chi connectivity index (χ4v) is 3.57. The molecule has 1 aromatic carbocycles. The number of ether oxygens (including phenoxy) is 1. The molecule has 1 rings (SSSR count). The molecule has 0 aliphatic heterocycles. The first kappa shape index (κ1) is 24.3. The molecule has 0 bridgehead atoms. The summed E-state index contributed by atoms with van der Waals surface area (Å²) in [7, 11) is -4.33. The summed E-state index contributed by atoms with van der Waals surface area (Å²) in [5, 5.41) is 9.49. The van der Waals surface area contributed by atoms with E-state index in [1.54, 1.807) is 0 Å². The van der Waals surface area contributed by atoms with Gasteiger partial charge in [0.2, 0.25) is 0 Å². The fraction of sp³-hybridized carbons (Fsp3) is 0.700. The number of hydrogen-bond acceptors (Lipinski definition) is 4. The zero-order chi connectivity index (χ0) is 20.3. The van der Waals surface area contributed by atoms with E-state index in [1.165, 1.54) is 44.1 Å². The Labute approximate surface area is 163 Å². The SMILES string of the molecule is CCCCCCCCc1ccc(C(C)CC(N)(CO)OCP(=O)(O)O)cc1. The Morgan fingerprint density at radius 3 is 2.26 bits per heavy atom. The van der Waals surface area contributed by atoms with Gasteiger partial charge in [0.05, 0.1) is 6.61 Å². The van der Waals surface area contributed by atoms with Gasteiger partial charge in [-0.2, -0.15) is 0 Å². The lowest BCUT2D eigenvalue weighted by Gasteiger charge is -2.30. The van der Waals surface area contributed by atoms with Crippen LogP contribution in [-0.2, 0) is 15.7 Å². The highest BCUT2D eigenvalue weighted by Gasteiger charge is 2.31. The van der Waals surface area contributed by atoms with Gasteiger partial charge in [-0.25, -0.2) is 0 Å². The fourth-order valence-electron chi connectivity index (χ4n) is 3.14. The molecule has 156 valence electrons. The second-order valence-electron chi connectivity index (χ2n) is 7.53. The lowest BCUT2D eigenvalue weighted by atomic mass is 9.91. The largest absolute Gasteiger partial charge is 0.392 e. The molecule has 27 heavy (non-hydrogen) atoms. The van der Waals surface area contributed by atoms with Crippen molar-refractivity contribution in [3.8, 4) is 0 Å². The Hall–Kier alpha value is -0.750. The van der Waals surface area contributed by atoms with Crippen LogP contribution in [0.3, 0.4) is 0 Å². The van der Waals surface area contributed by atoms with E-state index in [-0.39, 0.29) is 12.3 Å². The van der Waals surface area contributed by atoms with Crippen molar-refractivity contribution in [1.29, 1.82) is 0 Å². The number of nitrogens with two attached hydrogens (primary N) is 1. The number of benzene rings is 1. The molecule has 0 fully saturated rings. The van der Waals surface area contributed by atoms with Crippen LogP contribution in [0.4, 0.5) is 0 Å². The third-order valence-electron chi connectivity index (χ3n) is 4.81. The van der Waals surface area contributed by atoms with E-state index >= 15 is 0 Å². The lowest BCUT2D eigenvalue weighted by molar-refractivity contribution is -0.0699. The molecule has 0 aromatic heterocycles. The van der Waals surface area contributed by atoms with Crippen LogP contribution in [0.5, 0.6) is 0 Å². The predicted octanol–water partition coefficient (Wildman–Crippen LogP) is 3.88. The molecule has 6 nitrogen and oxygen atoms in total. The number of hydrogen-bond donors (Lipinski definition) is 4. The summed E-state index contributed by atoms with van der Waals surface area (Å²) in [5.41, 5.74) is 6.86. The van der Waals surface area contributed by atoms with Crippen molar-refractivity contribution in [2.75, 3.05) is 13.0 Å². The van der Waals surface area contributed by atoms with Crippen molar-refractivity contribution in [2.45, 2.75) is 76.9 Å². The van der Waals surface area contributed by atoms with Crippen LogP contribution in [0, 0.1) is 0 Å². The Bertz CT molecular complexity index is 574. The molecular formula is C20H36NO5P. The van der Waals surface area contributed by atoms with Crippen molar-refractivity contribution < 1.29 is 24.2 Å². The molecule has 0 amide bonds. The summed E-state index contributed by atoms with van der Waals surface area (Å²) in [6.45, 7) is 3.68. The topological polar surface area (TPSA) is 113 Å². The van der Waals surface area contributed by atoms with E-state index in [2.05, 4.69) is 31.2 Å². The van der Waals surface area contributed by atoms with Crippen LogP contribution < -0.4 is 5.73 Å². The minimum absolute atomic E-state index is 0.0120. The van der Waals surface area contributed by atoms with E-state index in [1.807, 2.05) is 6.92 Å². The van der Waals surface area contributed by atoms with Crippen molar-refractivity contribution >= 4 is 7.60 Å². The number of unbranched alkanes of at least 4 members (excludes halogenated alkanes) is 5. The van der Waals surface area contributed by atoms with Crippen molar-refractivity contribution in [3.05, 3.63) is 35.4 Å². The van der Waals surface area contributed by atoms with Gasteiger partial charge >= 0.3 is 7.60 Å².